The third-order valence-electron chi connectivity index (χ3n) is 2.45. The van der Waals surface area contributed by atoms with Crippen LogP contribution in [0, 0.1) is 10.1 Å². The van der Waals surface area contributed by atoms with Crippen molar-refractivity contribution in [1.29, 1.82) is 0 Å². The number of methoxy groups -OCH3 is 2. The molecule has 0 aromatic carbocycles. The second-order valence-electron chi connectivity index (χ2n) is 3.68. The van der Waals surface area contributed by atoms with Crippen LogP contribution in [0.1, 0.15) is 21.0 Å². The lowest BCUT2D eigenvalue weighted by Crippen LogP contribution is -2.17. The third-order valence-corrected chi connectivity index (χ3v) is 2.45. The minimum absolute atomic E-state index is 0.200. The molecule has 0 aliphatic heterocycles. The van der Waals surface area contributed by atoms with Gasteiger partial charge in [0.05, 0.1) is 19.1 Å². The molecule has 0 saturated heterocycles. The van der Waals surface area contributed by atoms with Gasteiger partial charge in [0.1, 0.15) is 12.4 Å². The van der Waals surface area contributed by atoms with Crippen LogP contribution in [-0.4, -0.2) is 56.0 Å². The first kappa shape index (κ1) is 15.0. The fourth-order valence-corrected chi connectivity index (χ4v) is 1.45. The van der Waals surface area contributed by atoms with E-state index in [0.29, 0.717) is 0 Å². The zero-order valence-corrected chi connectivity index (χ0v) is 11.3. The maximum Gasteiger partial charge on any atom is 0.361 e. The van der Waals surface area contributed by atoms with Gasteiger partial charge in [-0.2, -0.15) is 4.68 Å². The minimum atomic E-state index is -0.924. The molecule has 0 aliphatic carbocycles. The number of nitro groups is 1. The van der Waals surface area contributed by atoms with E-state index in [-0.39, 0.29) is 17.3 Å². The van der Waals surface area contributed by atoms with Gasteiger partial charge in [0.2, 0.25) is 5.69 Å². The van der Waals surface area contributed by atoms with Crippen molar-refractivity contribution >= 4 is 17.6 Å². The molecule has 0 unspecified atom stereocenters. The molecule has 0 aliphatic rings. The predicted octanol–water partition coefficient (Wildman–Crippen LogP) is -0.461. The number of hydrogen-bond acceptors (Lipinski definition) is 10. The molecular formula is C10H8N6O6. The van der Waals surface area contributed by atoms with Gasteiger partial charge in [0.25, 0.3) is 5.95 Å². The van der Waals surface area contributed by atoms with E-state index >= 15 is 0 Å². The number of rotatable bonds is 4. The number of ether oxygens (including phenoxy) is 2. The maximum atomic E-state index is 11.8. The van der Waals surface area contributed by atoms with Gasteiger partial charge in [-0.15, -0.1) is 5.10 Å². The van der Waals surface area contributed by atoms with Crippen LogP contribution in [-0.2, 0) is 9.47 Å². The Labute approximate surface area is 121 Å². The Hall–Kier alpha value is -3.44. The van der Waals surface area contributed by atoms with Crippen LogP contribution in [0.15, 0.2) is 12.4 Å². The Morgan fingerprint density at radius 3 is 2.27 bits per heavy atom. The standard InChI is InChI=1S/C10H8N6O6/c1-21-8(17)6-7(9(18)22-2)15(14-13-6)10-11-3-5(4-12-10)16(19)20/h3-4H,1-2H3. The molecule has 0 N–H and O–H groups in total. The average Bonchev–Trinajstić information content (AvgIpc) is 2.98. The molecule has 2 rings (SSSR count). The molecular weight excluding hydrogens is 300 g/mol. The second-order valence-corrected chi connectivity index (χ2v) is 3.68. The van der Waals surface area contributed by atoms with E-state index in [9.17, 15) is 19.7 Å². The van der Waals surface area contributed by atoms with E-state index in [0.717, 1.165) is 31.3 Å². The van der Waals surface area contributed by atoms with E-state index in [2.05, 4.69) is 29.8 Å². The summed E-state index contributed by atoms with van der Waals surface area (Å²) in [6.07, 6.45) is 1.84. The van der Waals surface area contributed by atoms with Crippen molar-refractivity contribution in [3.05, 3.63) is 33.9 Å². The highest BCUT2D eigenvalue weighted by molar-refractivity contribution is 6.00. The first-order valence-corrected chi connectivity index (χ1v) is 5.58. The van der Waals surface area contributed by atoms with Crippen molar-refractivity contribution in [2.24, 2.45) is 0 Å². The summed E-state index contributed by atoms with van der Waals surface area (Å²) in [6, 6.07) is 0. The number of nitrogens with zero attached hydrogens (tertiary/aromatic N) is 6. The number of carbonyl (C=O) groups excluding carboxylic acids is 2. The highest BCUT2D eigenvalue weighted by Gasteiger charge is 2.28. The first-order valence-electron chi connectivity index (χ1n) is 5.58. The molecule has 0 radical (unpaired) electrons. The molecule has 12 heteroatoms. The van der Waals surface area contributed by atoms with Gasteiger partial charge in [-0.3, -0.25) is 10.1 Å². The molecule has 0 fully saturated rings. The Morgan fingerprint density at radius 1 is 1.18 bits per heavy atom. The van der Waals surface area contributed by atoms with Crippen LogP contribution in [0.2, 0.25) is 0 Å². The van der Waals surface area contributed by atoms with E-state index < -0.39 is 22.6 Å². The Kier molecular flexibility index (Phi) is 4.01. The zero-order valence-electron chi connectivity index (χ0n) is 11.3. The van der Waals surface area contributed by atoms with E-state index in [4.69, 9.17) is 0 Å². The molecule has 22 heavy (non-hydrogen) atoms. The molecule has 0 saturated carbocycles. The smallest absolute Gasteiger partial charge is 0.361 e. The lowest BCUT2D eigenvalue weighted by atomic mass is 10.3. The largest absolute Gasteiger partial charge is 0.464 e. The second kappa shape index (κ2) is 5.90. The van der Waals surface area contributed by atoms with Crippen LogP contribution in [0.5, 0.6) is 0 Å². The number of esters is 2. The number of hydrogen-bond donors (Lipinski definition) is 0. The van der Waals surface area contributed by atoms with Gasteiger partial charge in [-0.05, 0) is 0 Å². The van der Waals surface area contributed by atoms with Gasteiger partial charge in [0, 0.05) is 0 Å². The average molecular weight is 308 g/mol. The lowest BCUT2D eigenvalue weighted by Gasteiger charge is -2.03. The van der Waals surface area contributed by atoms with Crippen LogP contribution < -0.4 is 0 Å². The van der Waals surface area contributed by atoms with Crippen LogP contribution >= 0.6 is 0 Å². The normalized spacial score (nSPS) is 10.1. The highest BCUT2D eigenvalue weighted by atomic mass is 16.6. The van der Waals surface area contributed by atoms with Crippen molar-refractivity contribution in [1.82, 2.24) is 25.0 Å². The first-order chi connectivity index (χ1) is 10.5. The topological polar surface area (TPSA) is 152 Å². The van der Waals surface area contributed by atoms with Gasteiger partial charge in [-0.1, -0.05) is 5.21 Å². The lowest BCUT2D eigenvalue weighted by molar-refractivity contribution is -0.385. The summed E-state index contributed by atoms with van der Waals surface area (Å²) in [5.74, 6) is -2.03. The minimum Gasteiger partial charge on any atom is -0.464 e. The predicted molar refractivity (Wildman–Crippen MR) is 66.3 cm³/mol. The van der Waals surface area contributed by atoms with E-state index in [1.54, 1.807) is 0 Å². The SMILES string of the molecule is COC(=O)c1nnn(-c2ncc([N+](=O)[O-])cn2)c1C(=O)OC. The molecule has 2 aromatic heterocycles. The Bertz CT molecular complexity index is 739. The third kappa shape index (κ3) is 2.56. The summed E-state index contributed by atoms with van der Waals surface area (Å²) in [4.78, 5) is 40.6. The fraction of sp³-hybridized carbons (Fsp3) is 0.200. The summed E-state index contributed by atoms with van der Waals surface area (Å²) in [5.41, 5.74) is -1.10. The summed E-state index contributed by atoms with van der Waals surface area (Å²) < 4.78 is 9.84. The number of carbonyl (C=O) groups is 2. The van der Waals surface area contributed by atoms with Crippen LogP contribution in [0.3, 0.4) is 0 Å². The summed E-state index contributed by atoms with van der Waals surface area (Å²) in [5, 5.41) is 17.6. The molecule has 2 aromatic rings. The summed E-state index contributed by atoms with van der Waals surface area (Å²) >= 11 is 0. The van der Waals surface area contributed by atoms with E-state index in [1.165, 1.54) is 0 Å². The molecule has 114 valence electrons. The zero-order chi connectivity index (χ0) is 16.3. The maximum absolute atomic E-state index is 11.8. The molecule has 0 bridgehead atoms. The van der Waals surface area contributed by atoms with Gasteiger partial charge >= 0.3 is 17.6 Å². The van der Waals surface area contributed by atoms with Crippen LogP contribution in [0.25, 0.3) is 5.95 Å². The van der Waals surface area contributed by atoms with Gasteiger partial charge < -0.3 is 9.47 Å². The van der Waals surface area contributed by atoms with Crippen LogP contribution in [0.4, 0.5) is 5.69 Å². The van der Waals surface area contributed by atoms with Crippen molar-refractivity contribution in [3.63, 3.8) is 0 Å². The molecule has 2 heterocycles. The Morgan fingerprint density at radius 2 is 1.77 bits per heavy atom. The Balaban J connectivity index is 2.55. The van der Waals surface area contributed by atoms with Gasteiger partial charge in [0.15, 0.2) is 5.69 Å². The van der Waals surface area contributed by atoms with Crippen molar-refractivity contribution in [2.45, 2.75) is 0 Å². The molecule has 0 atom stereocenters. The van der Waals surface area contributed by atoms with Crippen molar-refractivity contribution in [2.75, 3.05) is 14.2 Å². The number of aromatic nitrogens is 5. The summed E-state index contributed by atoms with van der Waals surface area (Å²) in [7, 11) is 2.20. The molecule has 12 nitrogen and oxygen atoms in total. The highest BCUT2D eigenvalue weighted by Crippen LogP contribution is 2.14. The van der Waals surface area contributed by atoms with Crippen molar-refractivity contribution < 1.29 is 24.0 Å². The monoisotopic (exact) mass is 308 g/mol. The van der Waals surface area contributed by atoms with Crippen molar-refractivity contribution in [3.8, 4) is 5.95 Å². The van der Waals surface area contributed by atoms with E-state index in [1.807, 2.05) is 0 Å². The quantitative estimate of drug-likeness (QED) is 0.411. The fourth-order valence-electron chi connectivity index (χ4n) is 1.45. The molecule has 0 amide bonds. The summed E-state index contributed by atoms with van der Waals surface area (Å²) in [6.45, 7) is 0. The molecule has 0 spiro atoms. The van der Waals surface area contributed by atoms with Gasteiger partial charge in [-0.25, -0.2) is 19.6 Å².